The Balaban J connectivity index is 0.00000192. The van der Waals surface area contributed by atoms with Crippen molar-refractivity contribution in [3.8, 4) is 0 Å². The van der Waals surface area contributed by atoms with Crippen LogP contribution in [0.3, 0.4) is 0 Å². The van der Waals surface area contributed by atoms with Crippen LogP contribution in [0.2, 0.25) is 0 Å². The lowest BCUT2D eigenvalue weighted by Crippen LogP contribution is -2.46. The minimum atomic E-state index is 0. The fraction of sp³-hybridized carbons (Fsp3) is 0.545. The molecule has 3 heterocycles. The van der Waals surface area contributed by atoms with Gasteiger partial charge < -0.3 is 9.80 Å². The highest BCUT2D eigenvalue weighted by Gasteiger charge is 2.30. The summed E-state index contributed by atoms with van der Waals surface area (Å²) >= 11 is 2.00. The minimum absolute atomic E-state index is 0. The molecule has 3 aliphatic rings. The molecular weight excluding hydrogens is 479 g/mol. The molecule has 1 aromatic heterocycles. The first-order valence-electron chi connectivity index (χ1n) is 10.4. The van der Waals surface area contributed by atoms with E-state index in [9.17, 15) is 0 Å². The zero-order chi connectivity index (χ0) is 18.1. The molecule has 1 saturated heterocycles. The predicted molar refractivity (Wildman–Crippen MR) is 127 cm³/mol. The maximum absolute atomic E-state index is 5.06. The number of aromatic nitrogens is 1. The molecule has 6 heteroatoms. The quantitative estimate of drug-likeness (QED) is 0.564. The smallest absolute Gasteiger partial charge is 0.197 e. The van der Waals surface area contributed by atoms with E-state index < -0.39 is 0 Å². The van der Waals surface area contributed by atoms with Gasteiger partial charge in [-0.2, -0.15) is 0 Å². The van der Waals surface area contributed by atoms with E-state index in [-0.39, 0.29) is 24.0 Å². The van der Waals surface area contributed by atoms with Crippen molar-refractivity contribution in [2.24, 2.45) is 4.99 Å². The SMILES string of the molecule is I.c1ccc(CN2CCN=C2N2CCCC(c3nc4c(s3)CCCC4)C2)cc1. The number of nitrogens with zero attached hydrogens (tertiary/aromatic N) is 4. The normalized spacial score (nSPS) is 21.9. The summed E-state index contributed by atoms with van der Waals surface area (Å²) in [6.07, 6.45) is 7.62. The molecule has 0 N–H and O–H groups in total. The molecule has 2 aliphatic heterocycles. The van der Waals surface area contributed by atoms with E-state index in [0.29, 0.717) is 5.92 Å². The highest BCUT2D eigenvalue weighted by Crippen LogP contribution is 2.35. The number of piperidine rings is 1. The average Bonchev–Trinajstić information content (AvgIpc) is 3.36. The number of aryl methyl sites for hydroxylation is 2. The van der Waals surface area contributed by atoms with Crippen LogP contribution in [0.5, 0.6) is 0 Å². The van der Waals surface area contributed by atoms with Gasteiger partial charge in [0.25, 0.3) is 0 Å². The van der Waals surface area contributed by atoms with Crippen molar-refractivity contribution >= 4 is 41.3 Å². The molecule has 1 fully saturated rings. The molecule has 5 rings (SSSR count). The topological polar surface area (TPSA) is 31.7 Å². The summed E-state index contributed by atoms with van der Waals surface area (Å²) in [5.41, 5.74) is 2.77. The third-order valence-electron chi connectivity index (χ3n) is 6.04. The summed E-state index contributed by atoms with van der Waals surface area (Å²) < 4.78 is 0. The van der Waals surface area contributed by atoms with Crippen molar-refractivity contribution in [3.05, 3.63) is 51.5 Å². The summed E-state index contributed by atoms with van der Waals surface area (Å²) in [4.78, 5) is 16.5. The number of halogens is 1. The van der Waals surface area contributed by atoms with Crippen molar-refractivity contribution in [2.75, 3.05) is 26.2 Å². The highest BCUT2D eigenvalue weighted by atomic mass is 127. The Kier molecular flexibility index (Phi) is 6.55. The lowest BCUT2D eigenvalue weighted by atomic mass is 9.98. The molecular formula is C22H29IN4S. The van der Waals surface area contributed by atoms with Crippen LogP contribution in [-0.4, -0.2) is 46.9 Å². The number of thiazole rings is 1. The van der Waals surface area contributed by atoms with E-state index in [1.807, 2.05) is 11.3 Å². The predicted octanol–water partition coefficient (Wildman–Crippen LogP) is 4.69. The monoisotopic (exact) mass is 508 g/mol. The van der Waals surface area contributed by atoms with E-state index in [1.54, 1.807) is 4.88 Å². The molecule has 1 aromatic carbocycles. The number of aliphatic imine (C=N–C) groups is 1. The fourth-order valence-corrected chi connectivity index (χ4v) is 5.91. The molecule has 0 bridgehead atoms. The lowest BCUT2D eigenvalue weighted by Gasteiger charge is -2.36. The summed E-state index contributed by atoms with van der Waals surface area (Å²) in [5, 5.41) is 1.39. The van der Waals surface area contributed by atoms with Gasteiger partial charge in [0.05, 0.1) is 17.2 Å². The minimum Gasteiger partial charge on any atom is -0.342 e. The number of guanidine groups is 1. The Labute approximate surface area is 189 Å². The van der Waals surface area contributed by atoms with Gasteiger partial charge in [0.2, 0.25) is 0 Å². The van der Waals surface area contributed by atoms with Crippen molar-refractivity contribution in [1.29, 1.82) is 0 Å². The second-order valence-electron chi connectivity index (χ2n) is 8.00. The van der Waals surface area contributed by atoms with E-state index in [2.05, 4.69) is 40.1 Å². The fourth-order valence-electron chi connectivity index (χ4n) is 4.63. The standard InChI is InChI=1S/C22H28N4S.HI/c1-2-7-17(8-3-1)15-26-14-12-23-22(26)25-13-6-9-18(16-25)21-24-19-10-4-5-11-20(19)27-21;/h1-3,7-8,18H,4-6,9-16H2;1H. The number of rotatable bonds is 3. The van der Waals surface area contributed by atoms with E-state index in [4.69, 9.17) is 9.98 Å². The van der Waals surface area contributed by atoms with Crippen LogP contribution in [0.4, 0.5) is 0 Å². The Morgan fingerprint density at radius 1 is 1.04 bits per heavy atom. The molecule has 1 unspecified atom stereocenters. The first-order valence-corrected chi connectivity index (χ1v) is 11.3. The van der Waals surface area contributed by atoms with E-state index >= 15 is 0 Å². The Morgan fingerprint density at radius 2 is 1.89 bits per heavy atom. The van der Waals surface area contributed by atoms with Crippen molar-refractivity contribution in [2.45, 2.75) is 51.0 Å². The Hall–Kier alpha value is -1.15. The molecule has 1 atom stereocenters. The summed E-state index contributed by atoms with van der Waals surface area (Å²) in [7, 11) is 0. The zero-order valence-electron chi connectivity index (χ0n) is 16.3. The van der Waals surface area contributed by atoms with Crippen molar-refractivity contribution in [1.82, 2.24) is 14.8 Å². The van der Waals surface area contributed by atoms with Crippen LogP contribution in [0.25, 0.3) is 0 Å². The molecule has 0 amide bonds. The number of likely N-dealkylation sites (tertiary alicyclic amines) is 1. The maximum Gasteiger partial charge on any atom is 0.197 e. The van der Waals surface area contributed by atoms with Gasteiger partial charge in [0.1, 0.15) is 0 Å². The number of hydrogen-bond acceptors (Lipinski definition) is 5. The van der Waals surface area contributed by atoms with E-state index in [0.717, 1.165) is 32.7 Å². The van der Waals surface area contributed by atoms with Gasteiger partial charge in [-0.15, -0.1) is 35.3 Å². The van der Waals surface area contributed by atoms with Gasteiger partial charge in [-0.05, 0) is 44.1 Å². The van der Waals surface area contributed by atoms with Gasteiger partial charge in [-0.3, -0.25) is 4.99 Å². The van der Waals surface area contributed by atoms with Gasteiger partial charge >= 0.3 is 0 Å². The summed E-state index contributed by atoms with van der Waals surface area (Å²) in [6, 6.07) is 10.8. The molecule has 0 spiro atoms. The van der Waals surface area contributed by atoms with Gasteiger partial charge in [0.15, 0.2) is 5.96 Å². The molecule has 0 radical (unpaired) electrons. The number of fused-ring (bicyclic) bond motifs is 1. The first-order chi connectivity index (χ1) is 13.4. The summed E-state index contributed by atoms with van der Waals surface area (Å²) in [6.45, 7) is 5.14. The molecule has 4 nitrogen and oxygen atoms in total. The Morgan fingerprint density at radius 3 is 2.75 bits per heavy atom. The van der Waals surface area contributed by atoms with Crippen LogP contribution in [0.15, 0.2) is 35.3 Å². The average molecular weight is 508 g/mol. The number of hydrogen-bond donors (Lipinski definition) is 0. The van der Waals surface area contributed by atoms with Crippen LogP contribution in [-0.2, 0) is 19.4 Å². The molecule has 28 heavy (non-hydrogen) atoms. The highest BCUT2D eigenvalue weighted by molar-refractivity contribution is 14.0. The second-order valence-corrected chi connectivity index (χ2v) is 9.12. The molecule has 150 valence electrons. The molecule has 2 aromatic rings. The number of benzene rings is 1. The molecule has 1 aliphatic carbocycles. The van der Waals surface area contributed by atoms with Crippen molar-refractivity contribution in [3.63, 3.8) is 0 Å². The summed E-state index contributed by atoms with van der Waals surface area (Å²) in [5.74, 6) is 1.79. The zero-order valence-corrected chi connectivity index (χ0v) is 19.5. The lowest BCUT2D eigenvalue weighted by molar-refractivity contribution is 0.270. The van der Waals surface area contributed by atoms with Crippen LogP contribution in [0, 0.1) is 0 Å². The second kappa shape index (κ2) is 9.11. The van der Waals surface area contributed by atoms with Gasteiger partial charge in [0, 0.05) is 37.0 Å². The van der Waals surface area contributed by atoms with Crippen molar-refractivity contribution < 1.29 is 0 Å². The van der Waals surface area contributed by atoms with Crippen LogP contribution >= 0.6 is 35.3 Å². The first kappa shape index (κ1) is 20.1. The van der Waals surface area contributed by atoms with Crippen LogP contribution < -0.4 is 0 Å². The van der Waals surface area contributed by atoms with E-state index in [1.165, 1.54) is 60.7 Å². The Bertz CT molecular complexity index is 796. The maximum atomic E-state index is 5.06. The van der Waals surface area contributed by atoms with Gasteiger partial charge in [-0.25, -0.2) is 4.98 Å². The van der Waals surface area contributed by atoms with Crippen LogP contribution in [0.1, 0.15) is 52.7 Å². The largest absolute Gasteiger partial charge is 0.342 e. The third kappa shape index (κ3) is 4.22. The van der Waals surface area contributed by atoms with Gasteiger partial charge in [-0.1, -0.05) is 30.3 Å². The molecule has 0 saturated carbocycles. The third-order valence-corrected chi connectivity index (χ3v) is 7.36.